The maximum atomic E-state index is 12.6. The van der Waals surface area contributed by atoms with Crippen molar-refractivity contribution in [3.63, 3.8) is 0 Å². The average molecular weight is 442 g/mol. The molecule has 28 heavy (non-hydrogen) atoms. The molecule has 3 aromatic rings. The Balaban J connectivity index is 1.65. The molecule has 1 amide bonds. The van der Waals surface area contributed by atoms with Crippen molar-refractivity contribution < 1.29 is 13.6 Å². The van der Waals surface area contributed by atoms with Gasteiger partial charge in [0.1, 0.15) is 0 Å². The van der Waals surface area contributed by atoms with Crippen molar-refractivity contribution >= 4 is 46.7 Å². The zero-order valence-corrected chi connectivity index (χ0v) is 16.6. The Kier molecular flexibility index (Phi) is 6.76. The van der Waals surface area contributed by atoms with Gasteiger partial charge in [-0.2, -0.15) is 8.78 Å². The summed E-state index contributed by atoms with van der Waals surface area (Å²) in [6.45, 7) is 0. The molecule has 3 N–H and O–H groups in total. The van der Waals surface area contributed by atoms with Gasteiger partial charge in [-0.25, -0.2) is 4.68 Å². The molecule has 146 valence electrons. The number of benzene rings is 2. The highest BCUT2D eigenvalue weighted by atomic mass is 35.5. The fourth-order valence-electron chi connectivity index (χ4n) is 2.28. The molecule has 0 spiro atoms. The number of rotatable bonds is 7. The van der Waals surface area contributed by atoms with E-state index < -0.39 is 5.76 Å². The van der Waals surface area contributed by atoms with Crippen molar-refractivity contribution in [3.8, 4) is 11.4 Å². The molecule has 0 fully saturated rings. The van der Waals surface area contributed by atoms with E-state index in [1.165, 1.54) is 10.7 Å². The van der Waals surface area contributed by atoms with Crippen molar-refractivity contribution in [1.29, 1.82) is 0 Å². The number of hydrogen-bond donors (Lipinski definition) is 2. The van der Waals surface area contributed by atoms with Crippen LogP contribution in [0, 0.1) is 0 Å². The first-order chi connectivity index (χ1) is 13.4. The van der Waals surface area contributed by atoms with E-state index in [4.69, 9.17) is 17.4 Å². The SMILES string of the molecule is Nn1c(SCC(=O)Nc2ccccc2SC(F)F)nnc1-c1cccc(Cl)c1. The summed E-state index contributed by atoms with van der Waals surface area (Å²) in [5, 5.41) is 11.5. The highest BCUT2D eigenvalue weighted by Crippen LogP contribution is 2.32. The highest BCUT2D eigenvalue weighted by Gasteiger charge is 2.15. The monoisotopic (exact) mass is 441 g/mol. The predicted octanol–water partition coefficient (Wildman–Crippen LogP) is 4.36. The highest BCUT2D eigenvalue weighted by molar-refractivity contribution is 8.00. The summed E-state index contributed by atoms with van der Waals surface area (Å²) in [6, 6.07) is 13.4. The molecule has 6 nitrogen and oxygen atoms in total. The van der Waals surface area contributed by atoms with Crippen LogP contribution in [0.3, 0.4) is 0 Å². The number of aromatic nitrogens is 3. The largest absolute Gasteiger partial charge is 0.335 e. The first-order valence-electron chi connectivity index (χ1n) is 7.87. The third kappa shape index (κ3) is 5.15. The number of thioether (sulfide) groups is 2. The average Bonchev–Trinajstić information content (AvgIpc) is 3.02. The van der Waals surface area contributed by atoms with E-state index in [2.05, 4.69) is 15.5 Å². The summed E-state index contributed by atoms with van der Waals surface area (Å²) in [6.07, 6.45) is 0. The number of carbonyl (C=O) groups is 1. The molecule has 2 aromatic carbocycles. The van der Waals surface area contributed by atoms with Crippen molar-refractivity contribution in [2.75, 3.05) is 16.9 Å². The van der Waals surface area contributed by atoms with Crippen LogP contribution in [-0.2, 0) is 4.79 Å². The third-order valence-corrected chi connectivity index (χ3v) is 5.42. The predicted molar refractivity (Wildman–Crippen MR) is 108 cm³/mol. The number of para-hydroxylation sites is 1. The Morgan fingerprint density at radius 3 is 2.75 bits per heavy atom. The van der Waals surface area contributed by atoms with Gasteiger partial charge >= 0.3 is 0 Å². The molecule has 0 aliphatic carbocycles. The van der Waals surface area contributed by atoms with Crippen LogP contribution in [0.25, 0.3) is 11.4 Å². The lowest BCUT2D eigenvalue weighted by atomic mass is 10.2. The van der Waals surface area contributed by atoms with Crippen LogP contribution in [0.2, 0.25) is 5.02 Å². The topological polar surface area (TPSA) is 85.8 Å². The minimum Gasteiger partial charge on any atom is -0.335 e. The minimum absolute atomic E-state index is 0.0153. The van der Waals surface area contributed by atoms with Gasteiger partial charge in [-0.15, -0.1) is 10.2 Å². The van der Waals surface area contributed by atoms with E-state index in [1.807, 2.05) is 0 Å². The Morgan fingerprint density at radius 1 is 1.21 bits per heavy atom. The number of anilines is 1. The molecule has 0 aliphatic heterocycles. The van der Waals surface area contributed by atoms with Gasteiger partial charge in [0.25, 0.3) is 5.76 Å². The van der Waals surface area contributed by atoms with E-state index in [-0.39, 0.29) is 11.7 Å². The van der Waals surface area contributed by atoms with Gasteiger partial charge in [0.05, 0.1) is 11.4 Å². The van der Waals surface area contributed by atoms with Crippen LogP contribution in [0.4, 0.5) is 14.5 Å². The zero-order chi connectivity index (χ0) is 20.1. The van der Waals surface area contributed by atoms with Gasteiger partial charge < -0.3 is 11.2 Å². The summed E-state index contributed by atoms with van der Waals surface area (Å²) in [4.78, 5) is 12.5. The van der Waals surface area contributed by atoms with Crippen LogP contribution < -0.4 is 11.2 Å². The Morgan fingerprint density at radius 2 is 2.00 bits per heavy atom. The number of nitrogens with one attached hydrogen (secondary N) is 1. The maximum absolute atomic E-state index is 12.6. The molecule has 1 aromatic heterocycles. The van der Waals surface area contributed by atoms with Gasteiger partial charge in [-0.3, -0.25) is 4.79 Å². The standard InChI is InChI=1S/C17H14ClF2N5OS2/c18-11-5-3-4-10(8-11)15-23-24-17(25(15)21)27-9-14(26)22-12-6-1-2-7-13(12)28-16(19)20/h1-8,16H,9,21H2,(H,22,26). The van der Waals surface area contributed by atoms with Crippen LogP contribution in [0.1, 0.15) is 0 Å². The van der Waals surface area contributed by atoms with Crippen LogP contribution in [0.15, 0.2) is 58.6 Å². The summed E-state index contributed by atoms with van der Waals surface area (Å²) in [5.74, 6) is 3.45. The molecule has 0 radical (unpaired) electrons. The van der Waals surface area contributed by atoms with Crippen LogP contribution in [0.5, 0.6) is 0 Å². The van der Waals surface area contributed by atoms with E-state index in [9.17, 15) is 13.6 Å². The number of carbonyl (C=O) groups excluding carboxylic acids is 1. The number of hydrogen-bond acceptors (Lipinski definition) is 6. The summed E-state index contributed by atoms with van der Waals surface area (Å²) >= 11 is 7.42. The lowest BCUT2D eigenvalue weighted by Crippen LogP contribution is -2.17. The number of nitrogen functional groups attached to an aromatic ring is 1. The van der Waals surface area contributed by atoms with E-state index >= 15 is 0 Å². The molecule has 0 saturated carbocycles. The van der Waals surface area contributed by atoms with Crippen molar-refractivity contribution in [2.45, 2.75) is 15.8 Å². The number of nitrogens with two attached hydrogens (primary N) is 1. The van der Waals surface area contributed by atoms with Crippen LogP contribution in [-0.4, -0.2) is 32.3 Å². The lowest BCUT2D eigenvalue weighted by molar-refractivity contribution is -0.113. The molecule has 0 saturated heterocycles. The van der Waals surface area contributed by atoms with Gasteiger partial charge in [0, 0.05) is 15.5 Å². The molecular weight excluding hydrogens is 428 g/mol. The van der Waals surface area contributed by atoms with Crippen molar-refractivity contribution in [3.05, 3.63) is 53.6 Å². The molecular formula is C17H14ClF2N5OS2. The van der Waals surface area contributed by atoms with Crippen molar-refractivity contribution in [2.24, 2.45) is 0 Å². The second-order valence-corrected chi connectivity index (χ2v) is 7.81. The maximum Gasteiger partial charge on any atom is 0.288 e. The Bertz CT molecular complexity index is 986. The molecule has 11 heteroatoms. The number of nitrogens with zero attached hydrogens (tertiary/aromatic N) is 3. The Labute approximate surface area is 172 Å². The number of halogens is 3. The minimum atomic E-state index is -2.58. The molecule has 3 rings (SSSR count). The second kappa shape index (κ2) is 9.26. The fraction of sp³-hybridized carbons (Fsp3) is 0.118. The second-order valence-electron chi connectivity index (χ2n) is 5.40. The lowest BCUT2D eigenvalue weighted by Gasteiger charge is -2.10. The van der Waals surface area contributed by atoms with E-state index in [0.717, 1.165) is 11.8 Å². The van der Waals surface area contributed by atoms with Crippen molar-refractivity contribution in [1.82, 2.24) is 14.9 Å². The summed E-state index contributed by atoms with van der Waals surface area (Å²) < 4.78 is 26.5. The zero-order valence-electron chi connectivity index (χ0n) is 14.2. The van der Waals surface area contributed by atoms with E-state index in [0.29, 0.717) is 43.9 Å². The summed E-state index contributed by atoms with van der Waals surface area (Å²) in [5.41, 5.74) is 1.02. The van der Waals surface area contributed by atoms with Gasteiger partial charge in [0.15, 0.2) is 5.82 Å². The fourth-order valence-corrected chi connectivity index (χ4v) is 3.73. The molecule has 0 atom stereocenters. The van der Waals surface area contributed by atoms with Gasteiger partial charge in [-0.1, -0.05) is 59.4 Å². The smallest absolute Gasteiger partial charge is 0.288 e. The first-order valence-corrected chi connectivity index (χ1v) is 10.1. The molecule has 0 bridgehead atoms. The first kappa shape index (κ1) is 20.4. The quantitative estimate of drug-likeness (QED) is 0.418. The normalized spacial score (nSPS) is 11.0. The van der Waals surface area contributed by atoms with Gasteiger partial charge in [-0.05, 0) is 24.3 Å². The molecule has 0 unspecified atom stereocenters. The number of alkyl halides is 2. The Hall–Kier alpha value is -2.30. The molecule has 0 aliphatic rings. The number of amides is 1. The van der Waals surface area contributed by atoms with E-state index in [1.54, 1.807) is 42.5 Å². The summed E-state index contributed by atoms with van der Waals surface area (Å²) in [7, 11) is 0. The van der Waals surface area contributed by atoms with Gasteiger partial charge in [0.2, 0.25) is 11.1 Å². The van der Waals surface area contributed by atoms with Crippen LogP contribution >= 0.6 is 35.1 Å². The third-order valence-electron chi connectivity index (χ3n) is 3.46. The molecule has 1 heterocycles.